The zero-order chi connectivity index (χ0) is 15.2. The van der Waals surface area contributed by atoms with Gasteiger partial charge in [0.2, 0.25) is 0 Å². The molecule has 110 valence electrons. The van der Waals surface area contributed by atoms with Crippen LogP contribution < -0.4 is 5.32 Å². The number of carbonyl (C=O) groups is 2. The molecule has 0 aliphatic heterocycles. The van der Waals surface area contributed by atoms with Gasteiger partial charge < -0.3 is 14.5 Å². The molecule has 21 heavy (non-hydrogen) atoms. The summed E-state index contributed by atoms with van der Waals surface area (Å²) in [6, 6.07) is 10.5. The standard InChI is InChI=1S/C16H17NO4/c1-11-5-7-13(8-6-11)16(19)21-12(2)15(18)17-10-14-4-3-9-20-14/h3-9,12H,10H2,1-2H3,(H,17,18)/t12-/m1/s1. The largest absolute Gasteiger partial charge is 0.467 e. The van der Waals surface area contributed by atoms with Gasteiger partial charge in [0.15, 0.2) is 6.10 Å². The number of aryl methyl sites for hydroxylation is 1. The molecule has 2 rings (SSSR count). The van der Waals surface area contributed by atoms with Gasteiger partial charge in [-0.3, -0.25) is 4.79 Å². The number of ether oxygens (including phenoxy) is 1. The third kappa shape index (κ3) is 4.21. The van der Waals surface area contributed by atoms with E-state index >= 15 is 0 Å². The number of hydrogen-bond acceptors (Lipinski definition) is 4. The maximum absolute atomic E-state index is 11.9. The topological polar surface area (TPSA) is 68.5 Å². The molecule has 1 amide bonds. The van der Waals surface area contributed by atoms with Crippen LogP contribution in [0.25, 0.3) is 0 Å². The van der Waals surface area contributed by atoms with Crippen LogP contribution in [0.3, 0.4) is 0 Å². The minimum absolute atomic E-state index is 0.262. The monoisotopic (exact) mass is 287 g/mol. The third-order valence-electron chi connectivity index (χ3n) is 2.96. The Morgan fingerprint density at radius 2 is 1.95 bits per heavy atom. The lowest BCUT2D eigenvalue weighted by molar-refractivity contribution is -0.129. The maximum atomic E-state index is 11.9. The molecule has 2 aromatic rings. The first-order valence-electron chi connectivity index (χ1n) is 6.64. The van der Waals surface area contributed by atoms with Gasteiger partial charge in [0.1, 0.15) is 5.76 Å². The van der Waals surface area contributed by atoms with Crippen LogP contribution in [-0.4, -0.2) is 18.0 Å². The number of amides is 1. The molecular formula is C16H17NO4. The quantitative estimate of drug-likeness (QED) is 0.858. The van der Waals surface area contributed by atoms with E-state index in [1.165, 1.54) is 13.2 Å². The minimum Gasteiger partial charge on any atom is -0.467 e. The Bertz CT molecular complexity index is 602. The van der Waals surface area contributed by atoms with Crippen LogP contribution in [0.4, 0.5) is 0 Å². The second-order valence-corrected chi connectivity index (χ2v) is 4.71. The Morgan fingerprint density at radius 3 is 2.57 bits per heavy atom. The van der Waals surface area contributed by atoms with Crippen molar-refractivity contribution in [1.82, 2.24) is 5.32 Å². The van der Waals surface area contributed by atoms with Crippen molar-refractivity contribution < 1.29 is 18.7 Å². The average molecular weight is 287 g/mol. The van der Waals surface area contributed by atoms with Crippen molar-refractivity contribution in [2.45, 2.75) is 26.5 Å². The lowest BCUT2D eigenvalue weighted by Crippen LogP contribution is -2.35. The van der Waals surface area contributed by atoms with Crippen molar-refractivity contribution in [2.24, 2.45) is 0 Å². The zero-order valence-electron chi connectivity index (χ0n) is 12.0. The predicted molar refractivity (Wildman–Crippen MR) is 76.6 cm³/mol. The van der Waals surface area contributed by atoms with E-state index < -0.39 is 12.1 Å². The van der Waals surface area contributed by atoms with Gasteiger partial charge in [-0.25, -0.2) is 4.79 Å². The number of esters is 1. The number of furan rings is 1. The predicted octanol–water partition coefficient (Wildman–Crippen LogP) is 2.45. The number of benzene rings is 1. The Balaban J connectivity index is 1.85. The summed E-state index contributed by atoms with van der Waals surface area (Å²) in [6.45, 7) is 3.72. The molecule has 5 heteroatoms. The van der Waals surface area contributed by atoms with Gasteiger partial charge in [-0.05, 0) is 38.1 Å². The minimum atomic E-state index is -0.867. The maximum Gasteiger partial charge on any atom is 0.338 e. The van der Waals surface area contributed by atoms with Gasteiger partial charge in [0.05, 0.1) is 18.4 Å². The molecule has 1 aromatic heterocycles. The molecule has 0 aliphatic carbocycles. The highest BCUT2D eigenvalue weighted by Crippen LogP contribution is 2.07. The lowest BCUT2D eigenvalue weighted by atomic mass is 10.1. The number of carbonyl (C=O) groups excluding carboxylic acids is 2. The molecular weight excluding hydrogens is 270 g/mol. The van der Waals surface area contributed by atoms with Crippen molar-refractivity contribution >= 4 is 11.9 Å². The summed E-state index contributed by atoms with van der Waals surface area (Å²) in [4.78, 5) is 23.7. The summed E-state index contributed by atoms with van der Waals surface area (Å²) in [5, 5.41) is 2.64. The molecule has 0 saturated carbocycles. The molecule has 5 nitrogen and oxygen atoms in total. The summed E-state index contributed by atoms with van der Waals surface area (Å²) in [5.41, 5.74) is 1.47. The molecule has 0 bridgehead atoms. The summed E-state index contributed by atoms with van der Waals surface area (Å²) in [6.07, 6.45) is 0.663. The van der Waals surface area contributed by atoms with Crippen LogP contribution in [0, 0.1) is 6.92 Å². The normalized spacial score (nSPS) is 11.7. The Kier molecular flexibility index (Phi) is 4.77. The van der Waals surface area contributed by atoms with Gasteiger partial charge in [-0.1, -0.05) is 17.7 Å². The number of rotatable bonds is 5. The fourth-order valence-electron chi connectivity index (χ4n) is 1.70. The Labute approximate surface area is 122 Å². The van der Waals surface area contributed by atoms with E-state index in [9.17, 15) is 9.59 Å². The van der Waals surface area contributed by atoms with Crippen LogP contribution in [0.2, 0.25) is 0 Å². The van der Waals surface area contributed by atoms with Crippen LogP contribution >= 0.6 is 0 Å². The number of hydrogen-bond donors (Lipinski definition) is 1. The second kappa shape index (κ2) is 6.74. The van der Waals surface area contributed by atoms with Gasteiger partial charge in [0.25, 0.3) is 5.91 Å². The molecule has 0 radical (unpaired) electrons. The van der Waals surface area contributed by atoms with E-state index in [2.05, 4.69) is 5.32 Å². The second-order valence-electron chi connectivity index (χ2n) is 4.71. The fraction of sp³-hybridized carbons (Fsp3) is 0.250. The highest BCUT2D eigenvalue weighted by molar-refractivity contribution is 5.92. The molecule has 1 N–H and O–H groups in total. The van der Waals surface area contributed by atoms with Crippen molar-refractivity contribution in [1.29, 1.82) is 0 Å². The van der Waals surface area contributed by atoms with E-state index in [0.29, 0.717) is 11.3 Å². The Hall–Kier alpha value is -2.56. The number of nitrogens with one attached hydrogen (secondary N) is 1. The molecule has 0 aliphatic rings. The highest BCUT2D eigenvalue weighted by Gasteiger charge is 2.18. The van der Waals surface area contributed by atoms with Crippen molar-refractivity contribution in [3.05, 3.63) is 59.5 Å². The van der Waals surface area contributed by atoms with Gasteiger partial charge in [-0.2, -0.15) is 0 Å². The molecule has 0 fully saturated rings. The van der Waals surface area contributed by atoms with Crippen molar-refractivity contribution in [3.63, 3.8) is 0 Å². The van der Waals surface area contributed by atoms with E-state index in [0.717, 1.165) is 5.56 Å². The van der Waals surface area contributed by atoms with E-state index in [-0.39, 0.29) is 12.5 Å². The summed E-state index contributed by atoms with van der Waals surface area (Å²) < 4.78 is 10.2. The first-order valence-corrected chi connectivity index (χ1v) is 6.64. The molecule has 1 aromatic carbocycles. The molecule has 0 unspecified atom stereocenters. The summed E-state index contributed by atoms with van der Waals surface area (Å²) in [5.74, 6) is -0.247. The molecule has 0 saturated heterocycles. The molecule has 1 atom stereocenters. The van der Waals surface area contributed by atoms with Gasteiger partial charge >= 0.3 is 5.97 Å². The van der Waals surface area contributed by atoms with Gasteiger partial charge in [-0.15, -0.1) is 0 Å². The van der Waals surface area contributed by atoms with Crippen LogP contribution in [0.15, 0.2) is 47.1 Å². The molecule has 1 heterocycles. The SMILES string of the molecule is Cc1ccc(C(=O)O[C@H](C)C(=O)NCc2ccco2)cc1. The smallest absolute Gasteiger partial charge is 0.338 e. The Morgan fingerprint density at radius 1 is 1.24 bits per heavy atom. The first kappa shape index (κ1) is 14.8. The highest BCUT2D eigenvalue weighted by atomic mass is 16.5. The summed E-state index contributed by atoms with van der Waals surface area (Å²) >= 11 is 0. The molecule has 0 spiro atoms. The van der Waals surface area contributed by atoms with Crippen LogP contribution in [0.1, 0.15) is 28.6 Å². The van der Waals surface area contributed by atoms with Gasteiger partial charge in [0, 0.05) is 0 Å². The zero-order valence-corrected chi connectivity index (χ0v) is 12.0. The van der Waals surface area contributed by atoms with Crippen LogP contribution in [-0.2, 0) is 16.1 Å². The van der Waals surface area contributed by atoms with Crippen molar-refractivity contribution in [3.8, 4) is 0 Å². The first-order chi connectivity index (χ1) is 10.1. The van der Waals surface area contributed by atoms with E-state index in [1.807, 2.05) is 19.1 Å². The van der Waals surface area contributed by atoms with E-state index in [4.69, 9.17) is 9.15 Å². The lowest BCUT2D eigenvalue weighted by Gasteiger charge is -2.13. The fourth-order valence-corrected chi connectivity index (χ4v) is 1.70. The van der Waals surface area contributed by atoms with E-state index in [1.54, 1.807) is 24.3 Å². The van der Waals surface area contributed by atoms with Crippen molar-refractivity contribution in [2.75, 3.05) is 0 Å². The summed E-state index contributed by atoms with van der Waals surface area (Å²) in [7, 11) is 0. The third-order valence-corrected chi connectivity index (χ3v) is 2.96. The van der Waals surface area contributed by atoms with Crippen LogP contribution in [0.5, 0.6) is 0 Å². The average Bonchev–Trinajstić information content (AvgIpc) is 2.98.